The normalized spacial score (nSPS) is 17.7. The molecule has 1 aliphatic heterocycles. The summed E-state index contributed by atoms with van der Waals surface area (Å²) in [4.78, 5) is 24.5. The SMILES string of the molecule is C[C@@H]1CN(c2cccc(-c3ccc4cnc(CC(=O)Nc5cccc(N=S(C)(C)=O)c5)cc4c3)n2)C[C@H](C)O1. The predicted octanol–water partition coefficient (Wildman–Crippen LogP) is 5.45. The third-order valence-electron chi connectivity index (χ3n) is 6.35. The first-order chi connectivity index (χ1) is 18.6. The van der Waals surface area contributed by atoms with Gasteiger partial charge in [-0.3, -0.25) is 9.78 Å². The molecule has 1 aliphatic rings. The maximum absolute atomic E-state index is 12.8. The molecule has 9 heteroatoms. The van der Waals surface area contributed by atoms with Gasteiger partial charge in [-0.05, 0) is 61.7 Å². The molecule has 0 unspecified atom stereocenters. The number of amides is 1. The number of hydrogen-bond acceptors (Lipinski definition) is 7. The van der Waals surface area contributed by atoms with Crippen molar-refractivity contribution in [2.24, 2.45) is 4.36 Å². The third kappa shape index (κ3) is 6.99. The van der Waals surface area contributed by atoms with E-state index in [0.717, 1.165) is 40.9 Å². The van der Waals surface area contributed by atoms with Crippen molar-refractivity contribution in [1.29, 1.82) is 0 Å². The first-order valence-electron chi connectivity index (χ1n) is 12.9. The minimum atomic E-state index is -2.29. The molecule has 1 fully saturated rings. The van der Waals surface area contributed by atoms with Crippen molar-refractivity contribution in [2.75, 3.05) is 35.8 Å². The van der Waals surface area contributed by atoms with Crippen LogP contribution in [0.15, 0.2) is 77.3 Å². The number of anilines is 2. The maximum Gasteiger partial charge on any atom is 0.230 e. The number of carbonyl (C=O) groups is 1. The average Bonchev–Trinajstić information content (AvgIpc) is 2.87. The first-order valence-corrected chi connectivity index (χ1v) is 15.3. The number of hydrogen-bond donors (Lipinski definition) is 1. The number of pyridine rings is 2. The Morgan fingerprint density at radius 3 is 2.56 bits per heavy atom. The lowest BCUT2D eigenvalue weighted by Gasteiger charge is -2.36. The summed E-state index contributed by atoms with van der Waals surface area (Å²) in [5.74, 6) is 0.756. The summed E-state index contributed by atoms with van der Waals surface area (Å²) in [5, 5.41) is 4.88. The van der Waals surface area contributed by atoms with Crippen molar-refractivity contribution in [3.63, 3.8) is 0 Å². The second-order valence-electron chi connectivity index (χ2n) is 10.3. The molecule has 1 saturated heterocycles. The number of rotatable bonds is 6. The summed E-state index contributed by atoms with van der Waals surface area (Å²) in [7, 11) is -2.29. The van der Waals surface area contributed by atoms with Gasteiger partial charge in [-0.15, -0.1) is 0 Å². The van der Waals surface area contributed by atoms with E-state index >= 15 is 0 Å². The van der Waals surface area contributed by atoms with Crippen LogP contribution in [0, 0.1) is 0 Å². The van der Waals surface area contributed by atoms with Crippen molar-refractivity contribution < 1.29 is 13.7 Å². The van der Waals surface area contributed by atoms with E-state index in [2.05, 4.69) is 45.5 Å². The number of aromatic nitrogens is 2. The molecule has 3 heterocycles. The summed E-state index contributed by atoms with van der Waals surface area (Å²) < 4.78 is 22.1. The molecule has 1 amide bonds. The first kappa shape index (κ1) is 26.8. The van der Waals surface area contributed by atoms with Crippen molar-refractivity contribution in [3.8, 4) is 11.3 Å². The lowest BCUT2D eigenvalue weighted by molar-refractivity contribution is -0.115. The highest BCUT2D eigenvalue weighted by atomic mass is 32.2. The van der Waals surface area contributed by atoms with Gasteiger partial charge in [0.25, 0.3) is 0 Å². The summed E-state index contributed by atoms with van der Waals surface area (Å²) >= 11 is 0. The van der Waals surface area contributed by atoms with Crippen LogP contribution in [0.1, 0.15) is 19.5 Å². The number of fused-ring (bicyclic) bond motifs is 1. The van der Waals surface area contributed by atoms with Crippen LogP contribution >= 0.6 is 0 Å². The van der Waals surface area contributed by atoms with Crippen molar-refractivity contribution in [3.05, 3.63) is 78.6 Å². The molecule has 0 aliphatic carbocycles. The highest BCUT2D eigenvalue weighted by Crippen LogP contribution is 2.27. The molecule has 0 radical (unpaired) electrons. The Labute approximate surface area is 229 Å². The van der Waals surface area contributed by atoms with E-state index in [1.165, 1.54) is 0 Å². The van der Waals surface area contributed by atoms with Crippen LogP contribution in [0.2, 0.25) is 0 Å². The maximum atomic E-state index is 12.8. The van der Waals surface area contributed by atoms with Crippen LogP contribution in [0.5, 0.6) is 0 Å². The molecule has 5 rings (SSSR count). The van der Waals surface area contributed by atoms with Gasteiger partial charge in [0.05, 0.1) is 35.7 Å². The average molecular weight is 544 g/mol. The van der Waals surface area contributed by atoms with Gasteiger partial charge in [-0.2, -0.15) is 4.36 Å². The number of benzene rings is 2. The van der Waals surface area contributed by atoms with E-state index in [4.69, 9.17) is 9.72 Å². The molecule has 2 aromatic carbocycles. The fourth-order valence-electron chi connectivity index (χ4n) is 4.83. The van der Waals surface area contributed by atoms with Gasteiger partial charge in [-0.25, -0.2) is 9.19 Å². The Balaban J connectivity index is 1.33. The van der Waals surface area contributed by atoms with Gasteiger partial charge < -0.3 is 15.0 Å². The van der Waals surface area contributed by atoms with Crippen LogP contribution < -0.4 is 10.2 Å². The van der Waals surface area contributed by atoms with Crippen LogP contribution in [0.3, 0.4) is 0 Å². The standard InChI is InChI=1S/C30H33N5O3S/c1-20-18-35(19-21(2)38-20)29-10-6-9-28(33-29)22-11-12-23-17-31-27(14-24(23)13-22)16-30(36)32-25-7-5-8-26(15-25)34-39(3,4)37/h5-15,17,20-21H,16,18-19H2,1-4H3,(H,32,36)/t20-,21+. The fraction of sp³-hybridized carbons (Fsp3) is 0.300. The molecular formula is C30H33N5O3S. The summed E-state index contributed by atoms with van der Waals surface area (Å²) in [6.45, 7) is 5.80. The van der Waals surface area contributed by atoms with Crippen molar-refractivity contribution in [2.45, 2.75) is 32.5 Å². The second kappa shape index (κ2) is 11.1. The number of nitrogens with one attached hydrogen (secondary N) is 1. The molecule has 0 spiro atoms. The van der Waals surface area contributed by atoms with Gasteiger partial charge >= 0.3 is 0 Å². The van der Waals surface area contributed by atoms with Crippen LogP contribution in [-0.4, -0.2) is 57.9 Å². The van der Waals surface area contributed by atoms with E-state index in [1.54, 1.807) is 43.0 Å². The Bertz CT molecular complexity index is 1630. The Hall–Kier alpha value is -3.82. The van der Waals surface area contributed by atoms with Crippen LogP contribution in [-0.2, 0) is 25.7 Å². The smallest absolute Gasteiger partial charge is 0.230 e. The Morgan fingerprint density at radius 2 is 1.79 bits per heavy atom. The quantitative estimate of drug-likeness (QED) is 0.347. The highest BCUT2D eigenvalue weighted by molar-refractivity contribution is 7.92. The predicted molar refractivity (Wildman–Crippen MR) is 158 cm³/mol. The largest absolute Gasteiger partial charge is 0.372 e. The van der Waals surface area contributed by atoms with Crippen LogP contribution in [0.25, 0.3) is 22.0 Å². The van der Waals surface area contributed by atoms with E-state index < -0.39 is 9.73 Å². The van der Waals surface area contributed by atoms with E-state index in [1.807, 2.05) is 30.3 Å². The summed E-state index contributed by atoms with van der Waals surface area (Å²) in [6.07, 6.45) is 5.39. The minimum Gasteiger partial charge on any atom is -0.372 e. The molecule has 0 saturated carbocycles. The topological polar surface area (TPSA) is 96.8 Å². The molecule has 2 atom stereocenters. The zero-order valence-corrected chi connectivity index (χ0v) is 23.4. The van der Waals surface area contributed by atoms with Gasteiger partial charge in [0.15, 0.2) is 0 Å². The van der Waals surface area contributed by atoms with E-state index in [0.29, 0.717) is 17.1 Å². The lowest BCUT2D eigenvalue weighted by atomic mass is 10.0. The third-order valence-corrected chi connectivity index (χ3v) is 7.00. The molecule has 202 valence electrons. The van der Waals surface area contributed by atoms with Crippen LogP contribution in [0.4, 0.5) is 17.2 Å². The zero-order chi connectivity index (χ0) is 27.6. The zero-order valence-electron chi connectivity index (χ0n) is 22.6. The molecule has 4 aromatic rings. The van der Waals surface area contributed by atoms with Gasteiger partial charge in [0, 0.05) is 58.2 Å². The molecular weight excluding hydrogens is 510 g/mol. The number of ether oxygens (including phenoxy) is 1. The van der Waals surface area contributed by atoms with E-state index in [-0.39, 0.29) is 24.5 Å². The van der Waals surface area contributed by atoms with Gasteiger partial charge in [0.1, 0.15) is 5.82 Å². The molecule has 1 N–H and O–H groups in total. The molecule has 39 heavy (non-hydrogen) atoms. The lowest BCUT2D eigenvalue weighted by Crippen LogP contribution is -2.45. The van der Waals surface area contributed by atoms with E-state index in [9.17, 15) is 9.00 Å². The Morgan fingerprint density at radius 1 is 1.03 bits per heavy atom. The highest BCUT2D eigenvalue weighted by Gasteiger charge is 2.23. The second-order valence-corrected chi connectivity index (χ2v) is 12.9. The van der Waals surface area contributed by atoms with Gasteiger partial charge in [0.2, 0.25) is 5.91 Å². The molecule has 2 aromatic heterocycles. The summed E-state index contributed by atoms with van der Waals surface area (Å²) in [5.41, 5.74) is 3.73. The monoisotopic (exact) mass is 543 g/mol. The summed E-state index contributed by atoms with van der Waals surface area (Å²) in [6, 6.07) is 21.3. The number of carbonyl (C=O) groups excluding carboxylic acids is 1. The van der Waals surface area contributed by atoms with Gasteiger partial charge in [-0.1, -0.05) is 24.3 Å². The number of nitrogens with zero attached hydrogens (tertiary/aromatic N) is 4. The Kier molecular flexibility index (Phi) is 7.63. The van der Waals surface area contributed by atoms with Crippen molar-refractivity contribution >= 4 is 43.6 Å². The molecule has 0 bridgehead atoms. The molecule has 8 nitrogen and oxygen atoms in total. The minimum absolute atomic E-state index is 0.126. The number of morpholine rings is 1. The fourth-order valence-corrected chi connectivity index (χ4v) is 5.45. The van der Waals surface area contributed by atoms with Crippen molar-refractivity contribution in [1.82, 2.24) is 9.97 Å².